The van der Waals surface area contributed by atoms with Crippen molar-refractivity contribution in [1.82, 2.24) is 14.9 Å². The topological polar surface area (TPSA) is 101 Å². The Morgan fingerprint density at radius 1 is 1.44 bits per heavy atom. The number of halogens is 1. The van der Waals surface area contributed by atoms with Gasteiger partial charge in [0.05, 0.1) is 11.9 Å². The molecule has 18 heavy (non-hydrogen) atoms. The second-order valence-electron chi connectivity index (χ2n) is 3.58. The Balaban J connectivity index is 2.23. The van der Waals surface area contributed by atoms with Crippen molar-refractivity contribution in [2.45, 2.75) is 11.4 Å². The minimum absolute atomic E-state index is 0.0504. The van der Waals surface area contributed by atoms with E-state index in [0.717, 1.165) is 6.07 Å². The second-order valence-corrected chi connectivity index (χ2v) is 5.32. The Kier molecular flexibility index (Phi) is 3.30. The summed E-state index contributed by atoms with van der Waals surface area (Å²) in [6.07, 6.45) is 3.04. The van der Waals surface area contributed by atoms with E-state index in [9.17, 15) is 12.8 Å². The predicted molar refractivity (Wildman–Crippen MR) is 63.4 cm³/mol. The number of H-pyrrole nitrogens is 1. The lowest BCUT2D eigenvalue weighted by atomic mass is 10.3. The van der Waals surface area contributed by atoms with Crippen LogP contribution in [0, 0.1) is 5.82 Å². The molecule has 2 rings (SSSR count). The molecule has 0 aliphatic heterocycles. The molecule has 0 saturated carbocycles. The number of nitrogens with zero attached hydrogens (tertiary/aromatic N) is 1. The van der Waals surface area contributed by atoms with Gasteiger partial charge in [-0.1, -0.05) is 6.07 Å². The highest BCUT2D eigenvalue weighted by Gasteiger charge is 2.19. The number of rotatable bonds is 4. The van der Waals surface area contributed by atoms with E-state index in [0.29, 0.717) is 5.56 Å². The van der Waals surface area contributed by atoms with Gasteiger partial charge in [0.25, 0.3) is 0 Å². The molecule has 0 unspecified atom stereocenters. The molecule has 0 aliphatic carbocycles. The number of nitrogens with two attached hydrogens (primary N) is 1. The van der Waals surface area contributed by atoms with Crippen LogP contribution in [0.25, 0.3) is 0 Å². The molecule has 2 aromatic rings. The van der Waals surface area contributed by atoms with Gasteiger partial charge in [0.15, 0.2) is 0 Å². The normalized spacial score (nSPS) is 11.6. The maximum absolute atomic E-state index is 13.2. The highest BCUT2D eigenvalue weighted by Crippen LogP contribution is 2.20. The summed E-state index contributed by atoms with van der Waals surface area (Å²) in [6.45, 7) is 0.0504. The van der Waals surface area contributed by atoms with E-state index in [-0.39, 0.29) is 11.4 Å². The van der Waals surface area contributed by atoms with Crippen LogP contribution in [-0.2, 0) is 16.6 Å². The third kappa shape index (κ3) is 2.49. The molecule has 96 valence electrons. The molecule has 0 saturated heterocycles. The summed E-state index contributed by atoms with van der Waals surface area (Å²) in [5.74, 6) is -0.763. The maximum Gasteiger partial charge on any atom is 0.243 e. The van der Waals surface area contributed by atoms with Gasteiger partial charge in [0, 0.05) is 18.3 Å². The first kappa shape index (κ1) is 12.5. The molecule has 0 radical (unpaired) electrons. The number of sulfonamides is 1. The summed E-state index contributed by atoms with van der Waals surface area (Å²) in [5.41, 5.74) is 5.67. The number of nitrogens with one attached hydrogen (secondary N) is 2. The van der Waals surface area contributed by atoms with E-state index in [2.05, 4.69) is 14.9 Å². The number of aromatic amines is 1. The zero-order valence-corrected chi connectivity index (χ0v) is 10.0. The quantitative estimate of drug-likeness (QED) is 0.708. The number of nitrogen functional groups attached to an aromatic ring is 1. The zero-order chi connectivity index (χ0) is 13.2. The Labute approximate surface area is 103 Å². The molecule has 0 atom stereocenters. The summed E-state index contributed by atoms with van der Waals surface area (Å²) in [7, 11) is -3.85. The van der Waals surface area contributed by atoms with Gasteiger partial charge >= 0.3 is 0 Å². The number of benzene rings is 1. The lowest BCUT2D eigenvalue weighted by Crippen LogP contribution is -2.24. The molecule has 1 aromatic heterocycles. The molecule has 0 amide bonds. The Hall–Kier alpha value is -1.93. The van der Waals surface area contributed by atoms with Crippen molar-refractivity contribution in [2.24, 2.45) is 0 Å². The summed E-state index contributed by atoms with van der Waals surface area (Å²) in [6, 6.07) is 3.64. The molecule has 1 heterocycles. The van der Waals surface area contributed by atoms with Crippen molar-refractivity contribution in [1.29, 1.82) is 0 Å². The molecule has 8 heteroatoms. The van der Waals surface area contributed by atoms with Gasteiger partial charge in [-0.2, -0.15) is 5.10 Å². The lowest BCUT2D eigenvalue weighted by molar-refractivity contribution is 0.579. The third-order valence-electron chi connectivity index (χ3n) is 2.32. The number of para-hydroxylation sites is 1. The molecular formula is C10H11FN4O2S. The monoisotopic (exact) mass is 270 g/mol. The molecule has 0 aliphatic rings. The van der Waals surface area contributed by atoms with Crippen LogP contribution < -0.4 is 10.5 Å². The first-order valence-electron chi connectivity index (χ1n) is 5.02. The smallest absolute Gasteiger partial charge is 0.243 e. The van der Waals surface area contributed by atoms with Crippen LogP contribution in [0.1, 0.15) is 5.56 Å². The number of anilines is 1. The van der Waals surface area contributed by atoms with E-state index >= 15 is 0 Å². The minimum Gasteiger partial charge on any atom is -0.395 e. The number of aromatic nitrogens is 2. The molecule has 0 spiro atoms. The van der Waals surface area contributed by atoms with Crippen LogP contribution in [0.3, 0.4) is 0 Å². The van der Waals surface area contributed by atoms with Gasteiger partial charge in [-0.05, 0) is 12.1 Å². The molecular weight excluding hydrogens is 259 g/mol. The van der Waals surface area contributed by atoms with Crippen LogP contribution in [0.15, 0.2) is 35.5 Å². The molecule has 1 aromatic carbocycles. The van der Waals surface area contributed by atoms with Crippen molar-refractivity contribution >= 4 is 15.7 Å². The summed E-state index contributed by atoms with van der Waals surface area (Å²) < 4.78 is 39.3. The van der Waals surface area contributed by atoms with E-state index < -0.39 is 21.5 Å². The summed E-state index contributed by atoms with van der Waals surface area (Å²) in [4.78, 5) is -0.272. The van der Waals surface area contributed by atoms with E-state index in [4.69, 9.17) is 5.73 Å². The van der Waals surface area contributed by atoms with E-state index in [1.54, 1.807) is 6.20 Å². The molecule has 6 nitrogen and oxygen atoms in total. The third-order valence-corrected chi connectivity index (χ3v) is 3.78. The van der Waals surface area contributed by atoms with Gasteiger partial charge < -0.3 is 5.73 Å². The average molecular weight is 270 g/mol. The van der Waals surface area contributed by atoms with E-state index in [1.165, 1.54) is 18.3 Å². The molecule has 4 N–H and O–H groups in total. The van der Waals surface area contributed by atoms with E-state index in [1.807, 2.05) is 0 Å². The van der Waals surface area contributed by atoms with Crippen molar-refractivity contribution in [3.05, 3.63) is 42.0 Å². The van der Waals surface area contributed by atoms with Gasteiger partial charge in [0.1, 0.15) is 10.7 Å². The Morgan fingerprint density at radius 3 is 2.89 bits per heavy atom. The van der Waals surface area contributed by atoms with Gasteiger partial charge in [-0.3, -0.25) is 5.10 Å². The van der Waals surface area contributed by atoms with Gasteiger partial charge in [-0.15, -0.1) is 0 Å². The van der Waals surface area contributed by atoms with Crippen LogP contribution in [0.2, 0.25) is 0 Å². The Morgan fingerprint density at radius 2 is 2.22 bits per heavy atom. The van der Waals surface area contributed by atoms with Crippen LogP contribution in [0.4, 0.5) is 10.1 Å². The molecule has 0 fully saturated rings. The van der Waals surface area contributed by atoms with Crippen LogP contribution >= 0.6 is 0 Å². The van der Waals surface area contributed by atoms with Crippen molar-refractivity contribution in [2.75, 3.05) is 5.73 Å². The second kappa shape index (κ2) is 4.75. The predicted octanol–water partition coefficient (Wildman–Crippen LogP) is 0.609. The molecule has 0 bridgehead atoms. The first-order valence-corrected chi connectivity index (χ1v) is 6.50. The minimum atomic E-state index is -3.85. The van der Waals surface area contributed by atoms with Crippen molar-refractivity contribution in [3.8, 4) is 0 Å². The number of hydrogen-bond donors (Lipinski definition) is 3. The lowest BCUT2D eigenvalue weighted by Gasteiger charge is -2.08. The average Bonchev–Trinajstić information content (AvgIpc) is 2.83. The fraction of sp³-hybridized carbons (Fsp3) is 0.100. The van der Waals surface area contributed by atoms with Crippen molar-refractivity contribution < 1.29 is 12.8 Å². The maximum atomic E-state index is 13.2. The van der Waals surface area contributed by atoms with Crippen LogP contribution in [-0.4, -0.2) is 18.6 Å². The SMILES string of the molecule is Nc1c(F)cccc1S(=O)(=O)NCc1cn[nH]c1. The fourth-order valence-corrected chi connectivity index (χ4v) is 2.54. The highest BCUT2D eigenvalue weighted by molar-refractivity contribution is 7.89. The summed E-state index contributed by atoms with van der Waals surface area (Å²) in [5, 5.41) is 6.24. The fourth-order valence-electron chi connectivity index (χ4n) is 1.38. The standard InChI is InChI=1S/C10H11FN4O2S/c11-8-2-1-3-9(10(8)12)18(16,17)15-6-7-4-13-14-5-7/h1-5,15H,6,12H2,(H,13,14). The zero-order valence-electron chi connectivity index (χ0n) is 9.22. The van der Waals surface area contributed by atoms with Gasteiger partial charge in [0.2, 0.25) is 10.0 Å². The highest BCUT2D eigenvalue weighted by atomic mass is 32.2. The van der Waals surface area contributed by atoms with Gasteiger partial charge in [-0.25, -0.2) is 17.5 Å². The Bertz CT molecular complexity index is 640. The van der Waals surface area contributed by atoms with Crippen molar-refractivity contribution in [3.63, 3.8) is 0 Å². The van der Waals surface area contributed by atoms with Crippen LogP contribution in [0.5, 0.6) is 0 Å². The first-order chi connectivity index (χ1) is 8.50. The summed E-state index contributed by atoms with van der Waals surface area (Å²) >= 11 is 0. The number of hydrogen-bond acceptors (Lipinski definition) is 4. The largest absolute Gasteiger partial charge is 0.395 e.